The number of carbonyl (C=O) groups is 2. The van der Waals surface area contributed by atoms with Crippen LogP contribution in [0.1, 0.15) is 36.9 Å². The molecule has 1 saturated heterocycles. The van der Waals surface area contributed by atoms with Crippen molar-refractivity contribution in [1.29, 1.82) is 0 Å². The van der Waals surface area contributed by atoms with Crippen LogP contribution in [-0.2, 0) is 9.59 Å². The Morgan fingerprint density at radius 2 is 1.72 bits per heavy atom. The number of rotatable bonds is 7. The van der Waals surface area contributed by atoms with E-state index in [4.69, 9.17) is 9.47 Å². The van der Waals surface area contributed by atoms with Gasteiger partial charge in [0.2, 0.25) is 0 Å². The van der Waals surface area contributed by atoms with Crippen LogP contribution in [-0.4, -0.2) is 42.5 Å². The maximum absolute atomic E-state index is 12.9. The summed E-state index contributed by atoms with van der Waals surface area (Å²) < 4.78 is 10.5. The molecular weight excluding hydrogens is 370 g/mol. The van der Waals surface area contributed by atoms with Gasteiger partial charge >= 0.3 is 0 Å². The molecule has 1 aliphatic heterocycles. The van der Waals surface area contributed by atoms with Gasteiger partial charge in [0.1, 0.15) is 17.3 Å². The van der Waals surface area contributed by atoms with Crippen molar-refractivity contribution in [3.8, 4) is 11.5 Å². The third-order valence-electron chi connectivity index (χ3n) is 5.09. The van der Waals surface area contributed by atoms with E-state index in [9.17, 15) is 14.7 Å². The van der Waals surface area contributed by atoms with Gasteiger partial charge in [-0.15, -0.1) is 0 Å². The number of amides is 1. The largest absolute Gasteiger partial charge is 0.507 e. The number of hydrogen-bond acceptors (Lipinski definition) is 5. The molecule has 1 fully saturated rings. The standard InChI is InChI=1S/C23H25NO5/c1-4-5-14-24-20(15-10-12-16(28-2)13-11-15)19(22(26)23(24)27)21(25)17-8-6-7-9-18(17)29-3/h6-13,20,25H,4-5,14H2,1-3H3/b21-19-. The van der Waals surface area contributed by atoms with Crippen LogP contribution in [0.25, 0.3) is 5.76 Å². The fourth-order valence-electron chi connectivity index (χ4n) is 3.56. The highest BCUT2D eigenvalue weighted by atomic mass is 16.5. The number of methoxy groups -OCH3 is 2. The first kappa shape index (κ1) is 20.5. The summed E-state index contributed by atoms with van der Waals surface area (Å²) in [6.45, 7) is 2.45. The first-order valence-electron chi connectivity index (χ1n) is 9.59. The van der Waals surface area contributed by atoms with E-state index < -0.39 is 17.7 Å². The van der Waals surface area contributed by atoms with Crippen molar-refractivity contribution in [1.82, 2.24) is 4.90 Å². The Kier molecular flexibility index (Phi) is 6.22. The number of carbonyl (C=O) groups excluding carboxylic acids is 2. The minimum Gasteiger partial charge on any atom is -0.507 e. The number of aliphatic hydroxyl groups excluding tert-OH is 1. The molecule has 1 atom stereocenters. The highest BCUT2D eigenvalue weighted by Gasteiger charge is 2.45. The second kappa shape index (κ2) is 8.82. The smallest absolute Gasteiger partial charge is 0.295 e. The zero-order valence-electron chi connectivity index (χ0n) is 16.8. The molecule has 29 heavy (non-hydrogen) atoms. The molecule has 6 heteroatoms. The van der Waals surface area contributed by atoms with Crippen molar-refractivity contribution in [2.45, 2.75) is 25.8 Å². The van der Waals surface area contributed by atoms with E-state index in [1.165, 1.54) is 12.0 Å². The Hall–Kier alpha value is -3.28. The molecule has 6 nitrogen and oxygen atoms in total. The summed E-state index contributed by atoms with van der Waals surface area (Å²) in [4.78, 5) is 27.3. The van der Waals surface area contributed by atoms with Crippen molar-refractivity contribution in [2.75, 3.05) is 20.8 Å². The number of ketones is 1. The van der Waals surface area contributed by atoms with Gasteiger partial charge in [-0.25, -0.2) is 0 Å². The van der Waals surface area contributed by atoms with E-state index in [0.717, 1.165) is 18.4 Å². The molecule has 0 radical (unpaired) electrons. The highest BCUT2D eigenvalue weighted by Crippen LogP contribution is 2.41. The van der Waals surface area contributed by atoms with Crippen LogP contribution in [0.2, 0.25) is 0 Å². The average Bonchev–Trinajstić information content (AvgIpc) is 3.01. The summed E-state index contributed by atoms with van der Waals surface area (Å²) in [5.41, 5.74) is 1.18. The van der Waals surface area contributed by atoms with Crippen LogP contribution in [0.3, 0.4) is 0 Å². The predicted molar refractivity (Wildman–Crippen MR) is 110 cm³/mol. The Balaban J connectivity index is 2.18. The van der Waals surface area contributed by atoms with Crippen LogP contribution < -0.4 is 9.47 Å². The van der Waals surface area contributed by atoms with Gasteiger partial charge < -0.3 is 19.5 Å². The number of hydrogen-bond donors (Lipinski definition) is 1. The summed E-state index contributed by atoms with van der Waals surface area (Å²) in [5, 5.41) is 11.1. The van der Waals surface area contributed by atoms with E-state index in [1.54, 1.807) is 43.5 Å². The number of ether oxygens (including phenoxy) is 2. The van der Waals surface area contributed by atoms with E-state index in [1.807, 2.05) is 19.1 Å². The third kappa shape index (κ3) is 3.83. The summed E-state index contributed by atoms with van der Waals surface area (Å²) in [6, 6.07) is 13.4. The van der Waals surface area contributed by atoms with Crippen LogP contribution in [0.4, 0.5) is 0 Å². The van der Waals surface area contributed by atoms with Gasteiger partial charge in [-0.05, 0) is 36.2 Å². The molecule has 2 aromatic carbocycles. The number of aliphatic hydroxyl groups is 1. The minimum atomic E-state index is -0.690. The van der Waals surface area contributed by atoms with Gasteiger partial charge in [0, 0.05) is 6.54 Å². The molecule has 2 aromatic rings. The van der Waals surface area contributed by atoms with E-state index in [0.29, 0.717) is 23.6 Å². The molecule has 0 aromatic heterocycles. The van der Waals surface area contributed by atoms with Gasteiger partial charge in [-0.2, -0.15) is 0 Å². The Morgan fingerprint density at radius 3 is 2.34 bits per heavy atom. The quantitative estimate of drug-likeness (QED) is 0.437. The molecule has 152 valence electrons. The van der Waals surface area contributed by atoms with Gasteiger partial charge in [0.05, 0.1) is 31.4 Å². The van der Waals surface area contributed by atoms with Crippen molar-refractivity contribution in [3.05, 3.63) is 65.2 Å². The van der Waals surface area contributed by atoms with Gasteiger partial charge in [-0.3, -0.25) is 9.59 Å². The van der Waals surface area contributed by atoms with Crippen molar-refractivity contribution >= 4 is 17.4 Å². The van der Waals surface area contributed by atoms with E-state index in [2.05, 4.69) is 0 Å². The summed E-state index contributed by atoms with van der Waals surface area (Å²) in [6.07, 6.45) is 1.64. The number of Topliss-reactive ketones (excluding diaryl/α,β-unsaturated/α-hetero) is 1. The maximum atomic E-state index is 12.9. The number of para-hydroxylation sites is 1. The van der Waals surface area contributed by atoms with Crippen LogP contribution >= 0.6 is 0 Å². The van der Waals surface area contributed by atoms with Crippen LogP contribution in [0.15, 0.2) is 54.1 Å². The lowest BCUT2D eigenvalue weighted by Crippen LogP contribution is -2.30. The third-order valence-corrected chi connectivity index (χ3v) is 5.09. The molecular formula is C23H25NO5. The minimum absolute atomic E-state index is 0.0702. The molecule has 0 spiro atoms. The fourth-order valence-corrected chi connectivity index (χ4v) is 3.56. The number of benzene rings is 2. The SMILES string of the molecule is CCCCN1C(=O)C(=O)/C(=C(\O)c2ccccc2OC)C1c1ccc(OC)cc1. The second-order valence-corrected chi connectivity index (χ2v) is 6.82. The Bertz CT molecular complexity index is 933. The number of nitrogens with zero attached hydrogens (tertiary/aromatic N) is 1. The molecule has 3 rings (SSSR count). The Labute approximate surface area is 170 Å². The first-order chi connectivity index (χ1) is 14.0. The van der Waals surface area contributed by atoms with Gasteiger partial charge in [-0.1, -0.05) is 37.6 Å². The van der Waals surface area contributed by atoms with Gasteiger partial charge in [0.25, 0.3) is 11.7 Å². The van der Waals surface area contributed by atoms with Crippen molar-refractivity contribution in [3.63, 3.8) is 0 Å². The zero-order chi connectivity index (χ0) is 21.0. The lowest BCUT2D eigenvalue weighted by atomic mass is 9.95. The monoisotopic (exact) mass is 395 g/mol. The predicted octanol–water partition coefficient (Wildman–Crippen LogP) is 3.93. The van der Waals surface area contributed by atoms with E-state index in [-0.39, 0.29) is 11.3 Å². The number of likely N-dealkylation sites (tertiary alicyclic amines) is 1. The topological polar surface area (TPSA) is 76.1 Å². The summed E-state index contributed by atoms with van der Waals surface area (Å²) >= 11 is 0. The molecule has 0 saturated carbocycles. The molecule has 1 heterocycles. The lowest BCUT2D eigenvalue weighted by molar-refractivity contribution is -0.139. The maximum Gasteiger partial charge on any atom is 0.295 e. The van der Waals surface area contributed by atoms with Crippen LogP contribution in [0.5, 0.6) is 11.5 Å². The molecule has 0 aliphatic carbocycles. The normalized spacial score (nSPS) is 18.2. The van der Waals surface area contributed by atoms with Crippen molar-refractivity contribution in [2.24, 2.45) is 0 Å². The van der Waals surface area contributed by atoms with Crippen LogP contribution in [0, 0.1) is 0 Å². The Morgan fingerprint density at radius 1 is 1.03 bits per heavy atom. The molecule has 1 N–H and O–H groups in total. The molecule has 1 unspecified atom stereocenters. The molecule has 1 aliphatic rings. The van der Waals surface area contributed by atoms with Crippen molar-refractivity contribution < 1.29 is 24.2 Å². The average molecular weight is 395 g/mol. The lowest BCUT2D eigenvalue weighted by Gasteiger charge is -2.25. The molecule has 0 bridgehead atoms. The van der Waals surface area contributed by atoms with Gasteiger partial charge in [0.15, 0.2) is 0 Å². The first-order valence-corrected chi connectivity index (χ1v) is 9.59. The second-order valence-electron chi connectivity index (χ2n) is 6.82. The number of unbranched alkanes of at least 4 members (excludes halogenated alkanes) is 1. The highest BCUT2D eigenvalue weighted by molar-refractivity contribution is 6.46. The summed E-state index contributed by atoms with van der Waals surface area (Å²) in [7, 11) is 3.07. The fraction of sp³-hybridized carbons (Fsp3) is 0.304. The zero-order valence-corrected chi connectivity index (χ0v) is 16.8. The summed E-state index contributed by atoms with van der Waals surface area (Å²) in [5.74, 6) is -0.427. The molecule has 1 amide bonds. The van der Waals surface area contributed by atoms with E-state index >= 15 is 0 Å².